The Morgan fingerprint density at radius 3 is 2.56 bits per heavy atom. The van der Waals surface area contributed by atoms with Crippen LogP contribution in [0.2, 0.25) is 0 Å². The first-order valence-corrected chi connectivity index (χ1v) is 13.0. The van der Waals surface area contributed by atoms with Gasteiger partial charge in [0.2, 0.25) is 5.89 Å². The van der Waals surface area contributed by atoms with Crippen LogP contribution >= 0.6 is 11.3 Å². The van der Waals surface area contributed by atoms with Crippen molar-refractivity contribution in [3.63, 3.8) is 0 Å². The first-order valence-electron chi connectivity index (χ1n) is 12.2. The SMILES string of the molecule is CC[C@H](C)[C@H](Nc1nc(-c2csc(C3C(C)OC(C)(C)N3C(=O)OC(C)(C)C)n2)oc1C)C(=O)OC. The monoisotopic (exact) mass is 522 g/mol. The average molecular weight is 523 g/mol. The van der Waals surface area contributed by atoms with Crippen LogP contribution in [0.3, 0.4) is 0 Å². The molecule has 2 aromatic rings. The number of nitrogens with one attached hydrogen (secondary N) is 1. The summed E-state index contributed by atoms with van der Waals surface area (Å²) < 4.78 is 22.6. The zero-order chi connectivity index (χ0) is 27.0. The molecule has 0 aromatic carbocycles. The number of anilines is 1. The molecule has 3 heterocycles. The summed E-state index contributed by atoms with van der Waals surface area (Å²) in [7, 11) is 1.37. The lowest BCUT2D eigenvalue weighted by Crippen LogP contribution is -2.47. The molecule has 1 aliphatic rings. The Labute approximate surface area is 216 Å². The number of carbonyl (C=O) groups excluding carboxylic acids is 2. The van der Waals surface area contributed by atoms with E-state index in [0.29, 0.717) is 28.2 Å². The number of amides is 1. The highest BCUT2D eigenvalue weighted by Gasteiger charge is 2.51. The van der Waals surface area contributed by atoms with Gasteiger partial charge in [-0.25, -0.2) is 14.6 Å². The maximum absolute atomic E-state index is 13.1. The number of aromatic nitrogens is 2. The van der Waals surface area contributed by atoms with Crippen molar-refractivity contribution in [1.82, 2.24) is 14.9 Å². The lowest BCUT2D eigenvalue weighted by molar-refractivity contribution is -0.142. The summed E-state index contributed by atoms with van der Waals surface area (Å²) in [6.07, 6.45) is 0.0281. The van der Waals surface area contributed by atoms with Crippen LogP contribution in [-0.4, -0.2) is 57.5 Å². The summed E-state index contributed by atoms with van der Waals surface area (Å²) >= 11 is 1.40. The Bertz CT molecular complexity index is 1090. The van der Waals surface area contributed by atoms with E-state index in [1.807, 2.05) is 60.8 Å². The van der Waals surface area contributed by atoms with Crippen molar-refractivity contribution < 1.29 is 28.2 Å². The van der Waals surface area contributed by atoms with Crippen LogP contribution in [0.15, 0.2) is 9.80 Å². The molecular formula is C25H38N4O6S. The fourth-order valence-electron chi connectivity index (χ4n) is 4.18. The molecule has 3 rings (SSSR count). The Kier molecular flexibility index (Phi) is 8.04. The Balaban J connectivity index is 1.89. The first-order chi connectivity index (χ1) is 16.7. The molecule has 0 aliphatic carbocycles. The number of oxazole rings is 1. The summed E-state index contributed by atoms with van der Waals surface area (Å²) in [5, 5.41) is 5.69. The second kappa shape index (κ2) is 10.4. The van der Waals surface area contributed by atoms with Crippen LogP contribution in [0, 0.1) is 12.8 Å². The van der Waals surface area contributed by atoms with Crippen molar-refractivity contribution >= 4 is 29.2 Å². The fourth-order valence-corrected chi connectivity index (χ4v) is 5.16. The lowest BCUT2D eigenvalue weighted by atomic mass is 9.99. The maximum atomic E-state index is 13.1. The van der Waals surface area contributed by atoms with Gasteiger partial charge >= 0.3 is 12.1 Å². The van der Waals surface area contributed by atoms with Crippen LogP contribution in [0.1, 0.15) is 78.6 Å². The van der Waals surface area contributed by atoms with Crippen molar-refractivity contribution in [1.29, 1.82) is 0 Å². The molecule has 1 saturated heterocycles. The average Bonchev–Trinajstić information content (AvgIpc) is 3.44. The van der Waals surface area contributed by atoms with Crippen LogP contribution in [0.5, 0.6) is 0 Å². The maximum Gasteiger partial charge on any atom is 0.413 e. The van der Waals surface area contributed by atoms with Gasteiger partial charge in [-0.3, -0.25) is 4.90 Å². The number of hydrogen-bond acceptors (Lipinski definition) is 10. The first kappa shape index (κ1) is 27.9. The highest BCUT2D eigenvalue weighted by molar-refractivity contribution is 7.10. The van der Waals surface area contributed by atoms with Crippen LogP contribution in [0.25, 0.3) is 11.6 Å². The van der Waals surface area contributed by atoms with Gasteiger partial charge in [-0.15, -0.1) is 11.3 Å². The summed E-state index contributed by atoms with van der Waals surface area (Å²) in [6.45, 7) is 16.8. The number of methoxy groups -OCH3 is 1. The normalized spacial score (nSPS) is 21.2. The molecule has 2 aromatic heterocycles. The molecule has 1 aliphatic heterocycles. The number of aryl methyl sites for hydroxylation is 1. The third kappa shape index (κ3) is 5.83. The van der Waals surface area contributed by atoms with Crippen molar-refractivity contribution in [2.45, 2.75) is 98.2 Å². The van der Waals surface area contributed by atoms with E-state index in [1.165, 1.54) is 18.4 Å². The number of nitrogens with zero attached hydrogens (tertiary/aromatic N) is 3. The van der Waals surface area contributed by atoms with Gasteiger partial charge in [0.05, 0.1) is 13.2 Å². The largest absolute Gasteiger partial charge is 0.467 e. The van der Waals surface area contributed by atoms with Gasteiger partial charge in [-0.2, -0.15) is 4.98 Å². The molecule has 1 N–H and O–H groups in total. The summed E-state index contributed by atoms with van der Waals surface area (Å²) in [5.41, 5.74) is -0.980. The molecule has 10 nitrogen and oxygen atoms in total. The molecule has 200 valence electrons. The van der Waals surface area contributed by atoms with E-state index in [0.717, 1.165) is 6.42 Å². The van der Waals surface area contributed by atoms with Crippen molar-refractivity contribution in [2.24, 2.45) is 5.92 Å². The fraction of sp³-hybridized carbons (Fsp3) is 0.680. The smallest absolute Gasteiger partial charge is 0.413 e. The molecule has 4 atom stereocenters. The highest BCUT2D eigenvalue weighted by atomic mass is 32.1. The van der Waals surface area contributed by atoms with E-state index < -0.39 is 29.5 Å². The van der Waals surface area contributed by atoms with Crippen LogP contribution in [0.4, 0.5) is 10.6 Å². The number of rotatable bonds is 7. The Hall–Kier alpha value is -2.66. The molecule has 2 unspecified atom stereocenters. The van der Waals surface area contributed by atoms with E-state index in [2.05, 4.69) is 10.3 Å². The van der Waals surface area contributed by atoms with Gasteiger partial charge in [0.15, 0.2) is 5.82 Å². The van der Waals surface area contributed by atoms with Gasteiger partial charge < -0.3 is 23.9 Å². The van der Waals surface area contributed by atoms with Crippen molar-refractivity contribution in [3.05, 3.63) is 16.1 Å². The van der Waals surface area contributed by atoms with Crippen LogP contribution < -0.4 is 5.32 Å². The zero-order valence-electron chi connectivity index (χ0n) is 22.8. The van der Waals surface area contributed by atoms with Gasteiger partial charge in [0.1, 0.15) is 39.9 Å². The van der Waals surface area contributed by atoms with E-state index in [4.69, 9.17) is 23.6 Å². The van der Waals surface area contributed by atoms with E-state index >= 15 is 0 Å². The third-order valence-corrected chi connectivity index (χ3v) is 7.03. The van der Waals surface area contributed by atoms with Crippen LogP contribution in [-0.2, 0) is 19.0 Å². The summed E-state index contributed by atoms with van der Waals surface area (Å²) in [6, 6.07) is -0.986. The second-order valence-corrected chi connectivity index (χ2v) is 11.5. The molecule has 36 heavy (non-hydrogen) atoms. The number of carbonyl (C=O) groups is 2. The molecular weight excluding hydrogens is 484 g/mol. The quantitative estimate of drug-likeness (QED) is 0.468. The highest BCUT2D eigenvalue weighted by Crippen LogP contribution is 2.44. The number of hydrogen-bond donors (Lipinski definition) is 1. The summed E-state index contributed by atoms with van der Waals surface area (Å²) in [5.74, 6) is 0.994. The number of esters is 1. The topological polar surface area (TPSA) is 116 Å². The minimum Gasteiger partial charge on any atom is -0.467 e. The van der Waals surface area contributed by atoms with Crippen molar-refractivity contribution in [2.75, 3.05) is 12.4 Å². The Morgan fingerprint density at radius 2 is 1.97 bits per heavy atom. The molecule has 0 saturated carbocycles. The zero-order valence-corrected chi connectivity index (χ0v) is 23.6. The number of ether oxygens (including phenoxy) is 3. The van der Waals surface area contributed by atoms with Gasteiger partial charge in [-0.05, 0) is 54.4 Å². The molecule has 0 bridgehead atoms. The Morgan fingerprint density at radius 1 is 1.31 bits per heavy atom. The van der Waals surface area contributed by atoms with Gasteiger partial charge in [-0.1, -0.05) is 20.3 Å². The molecule has 0 spiro atoms. The van der Waals surface area contributed by atoms with Gasteiger partial charge in [0, 0.05) is 5.38 Å². The number of thiazole rings is 1. The predicted molar refractivity (Wildman–Crippen MR) is 137 cm³/mol. The van der Waals surface area contributed by atoms with Gasteiger partial charge in [0.25, 0.3) is 0 Å². The van der Waals surface area contributed by atoms with Crippen molar-refractivity contribution in [3.8, 4) is 11.6 Å². The molecule has 1 amide bonds. The van der Waals surface area contributed by atoms with E-state index in [9.17, 15) is 9.59 Å². The molecule has 1 fully saturated rings. The second-order valence-electron chi connectivity index (χ2n) is 10.6. The molecule has 0 radical (unpaired) electrons. The minimum atomic E-state index is -0.867. The standard InChI is InChI=1S/C25H38N4O6S/c1-11-13(2)17(22(30)32-10)27-19-15(4)33-20(28-19)16-12-36-21(26-16)18-14(3)34-25(8,9)29(18)23(31)35-24(5,6)7/h12-14,17-18,27H,11H2,1-10H3/t13-,14?,17-,18?/m0/s1. The van der Waals surface area contributed by atoms with E-state index in [-0.39, 0.29) is 18.0 Å². The summed E-state index contributed by atoms with van der Waals surface area (Å²) in [4.78, 5) is 36.3. The third-order valence-electron chi connectivity index (χ3n) is 6.12. The minimum absolute atomic E-state index is 0.0360. The molecule has 11 heteroatoms. The predicted octanol–water partition coefficient (Wildman–Crippen LogP) is 5.54. The lowest BCUT2D eigenvalue weighted by Gasteiger charge is -2.34. The van der Waals surface area contributed by atoms with E-state index in [1.54, 1.807) is 11.8 Å².